The Kier molecular flexibility index (Phi) is 4.57. The third-order valence-electron chi connectivity index (χ3n) is 4.80. The maximum absolute atomic E-state index is 12.1. The number of rotatable bonds is 4. The Morgan fingerprint density at radius 3 is 2.46 bits per heavy atom. The number of carbonyl (C=O) groups is 1. The number of ether oxygens (including phenoxy) is 1. The highest BCUT2D eigenvalue weighted by Crippen LogP contribution is 2.35. The molecule has 0 saturated heterocycles. The van der Waals surface area contributed by atoms with Crippen LogP contribution in [0.25, 0.3) is 33.3 Å². The second-order valence-electron chi connectivity index (χ2n) is 6.80. The zero-order valence-electron chi connectivity index (χ0n) is 16.1. The first-order valence-electron chi connectivity index (χ1n) is 9.01. The summed E-state index contributed by atoms with van der Waals surface area (Å²) in [5.74, 6) is 0.810. The number of methoxy groups -OCH3 is 1. The Bertz CT molecular complexity index is 1140. The smallest absolute Gasteiger partial charge is 0.253 e. The van der Waals surface area contributed by atoms with Crippen molar-refractivity contribution in [2.24, 2.45) is 0 Å². The molecule has 4 rings (SSSR count). The van der Waals surface area contributed by atoms with E-state index in [1.165, 1.54) is 0 Å². The molecule has 1 N–H and O–H groups in total. The molecule has 140 valence electrons. The van der Waals surface area contributed by atoms with Crippen LogP contribution < -0.4 is 4.74 Å². The van der Waals surface area contributed by atoms with E-state index < -0.39 is 0 Å². The number of benzene rings is 2. The molecule has 2 heterocycles. The van der Waals surface area contributed by atoms with Crippen LogP contribution in [0.5, 0.6) is 5.75 Å². The predicted molar refractivity (Wildman–Crippen MR) is 112 cm³/mol. The van der Waals surface area contributed by atoms with Crippen LogP contribution in [0.3, 0.4) is 0 Å². The molecule has 4 aromatic rings. The Morgan fingerprint density at radius 1 is 1.00 bits per heavy atom. The van der Waals surface area contributed by atoms with E-state index in [4.69, 9.17) is 4.74 Å². The number of hydrogen-bond donors (Lipinski definition) is 1. The molecule has 5 nitrogen and oxygen atoms in total. The van der Waals surface area contributed by atoms with Crippen LogP contribution >= 0.6 is 0 Å². The van der Waals surface area contributed by atoms with Crippen molar-refractivity contribution in [3.63, 3.8) is 0 Å². The number of nitrogens with zero attached hydrogens (tertiary/aromatic N) is 2. The standard InChI is InChI=1S/C23H21N3O2/c1-26(2)23(27)16-10-8-15(9-11-16)17-12-19-20(14-25-22(19)24-13-17)18-6-4-5-7-21(18)28-3/h4-14H,1-3H3,(H,24,25). The van der Waals surface area contributed by atoms with Gasteiger partial charge < -0.3 is 14.6 Å². The Labute approximate surface area is 163 Å². The van der Waals surface area contributed by atoms with Crippen LogP contribution in [0.1, 0.15) is 10.4 Å². The summed E-state index contributed by atoms with van der Waals surface area (Å²) in [4.78, 5) is 21.5. The molecule has 0 fully saturated rings. The largest absolute Gasteiger partial charge is 0.496 e. The Balaban J connectivity index is 1.77. The number of aromatic amines is 1. The van der Waals surface area contributed by atoms with Gasteiger partial charge in [0.25, 0.3) is 5.91 Å². The first-order valence-corrected chi connectivity index (χ1v) is 9.01. The molecule has 28 heavy (non-hydrogen) atoms. The lowest BCUT2D eigenvalue weighted by Crippen LogP contribution is -2.21. The van der Waals surface area contributed by atoms with E-state index >= 15 is 0 Å². The van der Waals surface area contributed by atoms with Crippen molar-refractivity contribution in [2.75, 3.05) is 21.2 Å². The van der Waals surface area contributed by atoms with Gasteiger partial charge in [-0.05, 0) is 29.8 Å². The van der Waals surface area contributed by atoms with E-state index in [2.05, 4.69) is 16.0 Å². The van der Waals surface area contributed by atoms with Crippen LogP contribution in [0.4, 0.5) is 0 Å². The lowest BCUT2D eigenvalue weighted by Gasteiger charge is -2.11. The number of fused-ring (bicyclic) bond motifs is 1. The Morgan fingerprint density at radius 2 is 1.75 bits per heavy atom. The minimum absolute atomic E-state index is 0.00998. The first kappa shape index (κ1) is 17.8. The lowest BCUT2D eigenvalue weighted by atomic mass is 10.0. The van der Waals surface area contributed by atoms with Crippen molar-refractivity contribution in [3.05, 3.63) is 72.6 Å². The second-order valence-corrected chi connectivity index (χ2v) is 6.80. The molecule has 0 bridgehead atoms. The summed E-state index contributed by atoms with van der Waals surface area (Å²) >= 11 is 0. The van der Waals surface area contributed by atoms with Crippen LogP contribution in [-0.4, -0.2) is 42.0 Å². The summed E-state index contributed by atoms with van der Waals surface area (Å²) in [6.07, 6.45) is 3.80. The number of pyridine rings is 1. The average Bonchev–Trinajstić information content (AvgIpc) is 3.16. The molecule has 0 saturated carbocycles. The van der Waals surface area contributed by atoms with Crippen LogP contribution in [0.2, 0.25) is 0 Å². The monoisotopic (exact) mass is 371 g/mol. The van der Waals surface area contributed by atoms with E-state index in [9.17, 15) is 4.79 Å². The quantitative estimate of drug-likeness (QED) is 0.570. The molecular formula is C23H21N3O2. The fourth-order valence-corrected chi connectivity index (χ4v) is 3.31. The molecule has 0 unspecified atom stereocenters. The molecule has 0 spiro atoms. The normalized spacial score (nSPS) is 10.8. The molecule has 0 radical (unpaired) electrons. The second kappa shape index (κ2) is 7.19. The Hall–Kier alpha value is -3.60. The molecule has 2 aromatic heterocycles. The molecule has 0 aliphatic carbocycles. The van der Waals surface area contributed by atoms with Crippen LogP contribution in [0.15, 0.2) is 67.0 Å². The summed E-state index contributed by atoms with van der Waals surface area (Å²) in [6, 6.07) is 17.7. The van der Waals surface area contributed by atoms with Gasteiger partial charge in [-0.3, -0.25) is 4.79 Å². The zero-order chi connectivity index (χ0) is 19.7. The summed E-state index contributed by atoms with van der Waals surface area (Å²) in [5.41, 5.74) is 5.55. The highest BCUT2D eigenvalue weighted by Gasteiger charge is 2.13. The number of amides is 1. The molecule has 1 amide bonds. The summed E-state index contributed by atoms with van der Waals surface area (Å²) in [7, 11) is 5.17. The van der Waals surface area contributed by atoms with Gasteiger partial charge in [0.2, 0.25) is 0 Å². The number of aromatic nitrogens is 2. The van der Waals surface area contributed by atoms with Gasteiger partial charge in [-0.1, -0.05) is 30.3 Å². The molecule has 5 heteroatoms. The fraction of sp³-hybridized carbons (Fsp3) is 0.130. The van der Waals surface area contributed by atoms with Gasteiger partial charge in [0.05, 0.1) is 7.11 Å². The van der Waals surface area contributed by atoms with E-state index in [1.807, 2.05) is 60.9 Å². The van der Waals surface area contributed by atoms with E-state index in [0.717, 1.165) is 39.0 Å². The third kappa shape index (κ3) is 3.11. The van der Waals surface area contributed by atoms with Crippen molar-refractivity contribution in [1.29, 1.82) is 0 Å². The summed E-state index contributed by atoms with van der Waals surface area (Å²) in [6.45, 7) is 0. The number of para-hydroxylation sites is 1. The molecule has 0 atom stereocenters. The van der Waals surface area contributed by atoms with Gasteiger partial charge in [-0.25, -0.2) is 4.98 Å². The minimum Gasteiger partial charge on any atom is -0.496 e. The van der Waals surface area contributed by atoms with Gasteiger partial charge in [0.1, 0.15) is 11.4 Å². The highest BCUT2D eigenvalue weighted by atomic mass is 16.5. The number of nitrogens with one attached hydrogen (secondary N) is 1. The highest BCUT2D eigenvalue weighted by molar-refractivity contribution is 5.98. The van der Waals surface area contributed by atoms with Crippen molar-refractivity contribution in [3.8, 4) is 28.0 Å². The minimum atomic E-state index is -0.00998. The SMILES string of the molecule is COc1ccccc1-c1c[nH]c2ncc(-c3ccc(C(=O)N(C)C)cc3)cc12. The first-order chi connectivity index (χ1) is 13.6. The van der Waals surface area contributed by atoms with Gasteiger partial charge >= 0.3 is 0 Å². The number of carbonyl (C=O) groups excluding carboxylic acids is 1. The van der Waals surface area contributed by atoms with E-state index in [-0.39, 0.29) is 5.91 Å². The topological polar surface area (TPSA) is 58.2 Å². The van der Waals surface area contributed by atoms with Gasteiger partial charge in [0.15, 0.2) is 0 Å². The fourth-order valence-electron chi connectivity index (χ4n) is 3.31. The molecule has 0 aliphatic rings. The summed E-state index contributed by atoms with van der Waals surface area (Å²) < 4.78 is 5.52. The van der Waals surface area contributed by atoms with Crippen molar-refractivity contribution < 1.29 is 9.53 Å². The molecular weight excluding hydrogens is 350 g/mol. The number of H-pyrrole nitrogens is 1. The maximum atomic E-state index is 12.1. The maximum Gasteiger partial charge on any atom is 0.253 e. The van der Waals surface area contributed by atoms with Crippen LogP contribution in [-0.2, 0) is 0 Å². The van der Waals surface area contributed by atoms with Crippen molar-refractivity contribution in [2.45, 2.75) is 0 Å². The van der Waals surface area contributed by atoms with Gasteiger partial charge in [-0.2, -0.15) is 0 Å². The van der Waals surface area contributed by atoms with E-state index in [1.54, 1.807) is 26.1 Å². The zero-order valence-corrected chi connectivity index (χ0v) is 16.1. The van der Waals surface area contributed by atoms with Gasteiger partial charge in [-0.15, -0.1) is 0 Å². The van der Waals surface area contributed by atoms with E-state index in [0.29, 0.717) is 5.56 Å². The lowest BCUT2D eigenvalue weighted by molar-refractivity contribution is 0.0827. The molecule has 2 aromatic carbocycles. The molecule has 0 aliphatic heterocycles. The van der Waals surface area contributed by atoms with Crippen molar-refractivity contribution in [1.82, 2.24) is 14.9 Å². The predicted octanol–water partition coefficient (Wildman–Crippen LogP) is 4.61. The third-order valence-corrected chi connectivity index (χ3v) is 4.80. The van der Waals surface area contributed by atoms with Crippen molar-refractivity contribution >= 4 is 16.9 Å². The average molecular weight is 371 g/mol. The van der Waals surface area contributed by atoms with Gasteiger partial charge in [0, 0.05) is 54.1 Å². The van der Waals surface area contributed by atoms with Crippen LogP contribution in [0, 0.1) is 0 Å². The number of hydrogen-bond acceptors (Lipinski definition) is 3. The summed E-state index contributed by atoms with van der Waals surface area (Å²) in [5, 5.41) is 1.02.